The molecule has 0 aromatic heterocycles. The first-order valence-electron chi connectivity index (χ1n) is 8.39. The number of benzene rings is 2. The van der Waals surface area contributed by atoms with Crippen molar-refractivity contribution in [3.63, 3.8) is 0 Å². The van der Waals surface area contributed by atoms with Gasteiger partial charge in [0.05, 0.1) is 15.6 Å². The van der Waals surface area contributed by atoms with Crippen LogP contribution >= 0.6 is 23.2 Å². The van der Waals surface area contributed by atoms with Gasteiger partial charge in [0.2, 0.25) is 0 Å². The minimum atomic E-state index is -0.957. The smallest absolute Gasteiger partial charge is 0.338 e. The number of para-hydroxylation sites is 1. The molecule has 1 amide bonds. The zero-order valence-corrected chi connectivity index (χ0v) is 16.4. The number of hydrogen-bond acceptors (Lipinski definition) is 3. The normalized spacial score (nSPS) is 13.0. The van der Waals surface area contributed by atoms with Crippen molar-refractivity contribution in [2.45, 2.75) is 39.2 Å². The molecule has 138 valence electrons. The van der Waals surface area contributed by atoms with Crippen LogP contribution in [0.4, 0.5) is 5.69 Å². The fourth-order valence-corrected chi connectivity index (χ4v) is 2.70. The van der Waals surface area contributed by atoms with Crippen LogP contribution in [0.15, 0.2) is 42.5 Å². The topological polar surface area (TPSA) is 55.4 Å². The minimum Gasteiger partial charge on any atom is -0.449 e. The van der Waals surface area contributed by atoms with Crippen LogP contribution in [0.5, 0.6) is 0 Å². The first kappa shape index (κ1) is 20.3. The van der Waals surface area contributed by atoms with Gasteiger partial charge in [0.25, 0.3) is 5.91 Å². The van der Waals surface area contributed by atoms with Gasteiger partial charge in [-0.2, -0.15) is 0 Å². The van der Waals surface area contributed by atoms with Gasteiger partial charge in [-0.3, -0.25) is 4.79 Å². The highest BCUT2D eigenvalue weighted by atomic mass is 35.5. The second kappa shape index (κ2) is 9.06. The predicted octanol–water partition coefficient (Wildman–Crippen LogP) is 5.69. The second-order valence-corrected chi connectivity index (χ2v) is 6.88. The van der Waals surface area contributed by atoms with Gasteiger partial charge in [-0.25, -0.2) is 4.79 Å². The molecule has 6 heteroatoms. The Hall–Kier alpha value is -2.04. The highest BCUT2D eigenvalue weighted by Gasteiger charge is 2.21. The van der Waals surface area contributed by atoms with Crippen molar-refractivity contribution in [2.75, 3.05) is 5.32 Å². The number of nitrogens with one attached hydrogen (secondary N) is 1. The Kier molecular flexibility index (Phi) is 7.06. The minimum absolute atomic E-state index is 0.235. The molecular weight excluding hydrogens is 373 g/mol. The number of halogens is 2. The summed E-state index contributed by atoms with van der Waals surface area (Å²) in [5, 5.41) is 3.43. The average molecular weight is 394 g/mol. The first-order chi connectivity index (χ1) is 12.3. The third-order valence-corrected chi connectivity index (χ3v) is 4.91. The van der Waals surface area contributed by atoms with Gasteiger partial charge in [0, 0.05) is 5.69 Å². The lowest BCUT2D eigenvalue weighted by molar-refractivity contribution is -0.123. The Balaban J connectivity index is 2.06. The van der Waals surface area contributed by atoms with E-state index in [4.69, 9.17) is 27.9 Å². The van der Waals surface area contributed by atoms with Crippen LogP contribution in [0, 0.1) is 0 Å². The van der Waals surface area contributed by atoms with Crippen molar-refractivity contribution in [3.05, 3.63) is 63.6 Å². The van der Waals surface area contributed by atoms with Crippen LogP contribution < -0.4 is 5.32 Å². The molecule has 0 spiro atoms. The molecule has 2 rings (SSSR count). The van der Waals surface area contributed by atoms with Crippen LogP contribution in [-0.2, 0) is 9.53 Å². The van der Waals surface area contributed by atoms with Crippen molar-refractivity contribution < 1.29 is 14.3 Å². The van der Waals surface area contributed by atoms with Crippen molar-refractivity contribution in [1.82, 2.24) is 0 Å². The molecule has 0 saturated heterocycles. The van der Waals surface area contributed by atoms with E-state index < -0.39 is 18.0 Å². The molecule has 0 aliphatic carbocycles. The summed E-state index contributed by atoms with van der Waals surface area (Å²) in [6, 6.07) is 12.0. The van der Waals surface area contributed by atoms with Gasteiger partial charge in [-0.1, -0.05) is 55.2 Å². The van der Waals surface area contributed by atoms with E-state index in [1.54, 1.807) is 0 Å². The van der Waals surface area contributed by atoms with Gasteiger partial charge < -0.3 is 10.1 Å². The molecule has 2 aromatic carbocycles. The Morgan fingerprint density at radius 3 is 2.42 bits per heavy atom. The molecule has 0 unspecified atom stereocenters. The Bertz CT molecular complexity index is 807. The van der Waals surface area contributed by atoms with Crippen LogP contribution in [-0.4, -0.2) is 18.0 Å². The van der Waals surface area contributed by atoms with E-state index in [1.807, 2.05) is 24.3 Å². The molecule has 0 aliphatic rings. The number of amides is 1. The second-order valence-electron chi connectivity index (χ2n) is 6.06. The third kappa shape index (κ3) is 4.99. The highest BCUT2D eigenvalue weighted by Crippen LogP contribution is 2.27. The van der Waals surface area contributed by atoms with E-state index in [2.05, 4.69) is 19.2 Å². The molecule has 0 bridgehead atoms. The van der Waals surface area contributed by atoms with Gasteiger partial charge in [0.15, 0.2) is 6.10 Å². The fourth-order valence-electron chi connectivity index (χ4n) is 2.40. The van der Waals surface area contributed by atoms with Crippen LogP contribution in [0.25, 0.3) is 0 Å². The van der Waals surface area contributed by atoms with Gasteiger partial charge in [0.1, 0.15) is 0 Å². The van der Waals surface area contributed by atoms with Crippen LogP contribution in [0.1, 0.15) is 49.0 Å². The standard InChI is InChI=1S/C20H21Cl2NO3/c1-4-12(2)15-7-5-6-8-18(15)23-19(24)13(3)26-20(25)14-9-10-16(21)17(22)11-14/h5-13H,4H2,1-3H3,(H,23,24)/t12-,13+/m1/s1. The molecule has 0 aliphatic heterocycles. The molecule has 0 heterocycles. The van der Waals surface area contributed by atoms with E-state index >= 15 is 0 Å². The lowest BCUT2D eigenvalue weighted by Crippen LogP contribution is -2.30. The third-order valence-electron chi connectivity index (χ3n) is 4.17. The van der Waals surface area contributed by atoms with Crippen LogP contribution in [0.2, 0.25) is 10.0 Å². The number of esters is 1. The van der Waals surface area contributed by atoms with Gasteiger partial charge >= 0.3 is 5.97 Å². The maximum absolute atomic E-state index is 12.4. The van der Waals surface area contributed by atoms with Gasteiger partial charge in [-0.05, 0) is 49.1 Å². The summed E-state index contributed by atoms with van der Waals surface area (Å²) in [5.74, 6) is -0.726. The molecule has 0 radical (unpaired) electrons. The van der Waals surface area contributed by atoms with E-state index in [9.17, 15) is 9.59 Å². The zero-order valence-electron chi connectivity index (χ0n) is 14.9. The number of carbonyl (C=O) groups excluding carboxylic acids is 2. The predicted molar refractivity (Wildman–Crippen MR) is 105 cm³/mol. The summed E-state index contributed by atoms with van der Waals surface area (Å²) in [5.41, 5.74) is 2.01. The zero-order chi connectivity index (χ0) is 19.3. The van der Waals surface area contributed by atoms with Crippen molar-refractivity contribution in [1.29, 1.82) is 0 Å². The molecule has 2 atom stereocenters. The average Bonchev–Trinajstić information content (AvgIpc) is 2.63. The summed E-state index contributed by atoms with van der Waals surface area (Å²) >= 11 is 11.7. The first-order valence-corrected chi connectivity index (χ1v) is 9.14. The Morgan fingerprint density at radius 1 is 1.08 bits per heavy atom. The van der Waals surface area contributed by atoms with E-state index in [1.165, 1.54) is 25.1 Å². The molecule has 0 saturated carbocycles. The number of hydrogen-bond donors (Lipinski definition) is 1. The summed E-state index contributed by atoms with van der Waals surface area (Å²) in [6.07, 6.45) is -0.00341. The van der Waals surface area contributed by atoms with Crippen molar-refractivity contribution >= 4 is 40.8 Å². The summed E-state index contributed by atoms with van der Waals surface area (Å²) in [6.45, 7) is 5.71. The fraction of sp³-hybridized carbons (Fsp3) is 0.300. The molecule has 2 aromatic rings. The summed E-state index contributed by atoms with van der Waals surface area (Å²) < 4.78 is 5.24. The maximum atomic E-state index is 12.4. The highest BCUT2D eigenvalue weighted by molar-refractivity contribution is 6.42. The summed E-state index contributed by atoms with van der Waals surface area (Å²) in [4.78, 5) is 24.6. The van der Waals surface area contributed by atoms with Crippen molar-refractivity contribution in [2.24, 2.45) is 0 Å². The number of anilines is 1. The molecule has 26 heavy (non-hydrogen) atoms. The Morgan fingerprint density at radius 2 is 1.77 bits per heavy atom. The van der Waals surface area contributed by atoms with Crippen molar-refractivity contribution in [3.8, 4) is 0 Å². The molecule has 4 nitrogen and oxygen atoms in total. The number of ether oxygens (including phenoxy) is 1. The van der Waals surface area contributed by atoms with Crippen LogP contribution in [0.3, 0.4) is 0 Å². The van der Waals surface area contributed by atoms with E-state index in [-0.39, 0.29) is 10.6 Å². The molecule has 1 N–H and O–H groups in total. The lowest BCUT2D eigenvalue weighted by atomic mass is 9.97. The SMILES string of the molecule is CC[C@@H](C)c1ccccc1NC(=O)[C@H](C)OC(=O)c1ccc(Cl)c(Cl)c1. The maximum Gasteiger partial charge on any atom is 0.338 e. The van der Waals surface area contributed by atoms with Gasteiger partial charge in [-0.15, -0.1) is 0 Å². The Labute approximate surface area is 163 Å². The lowest BCUT2D eigenvalue weighted by Gasteiger charge is -2.18. The number of carbonyl (C=O) groups is 2. The monoisotopic (exact) mass is 393 g/mol. The quantitative estimate of drug-likeness (QED) is 0.641. The van der Waals surface area contributed by atoms with E-state index in [0.29, 0.717) is 10.9 Å². The number of rotatable bonds is 6. The molecular formula is C20H21Cl2NO3. The molecule has 0 fully saturated rings. The van der Waals surface area contributed by atoms with E-state index in [0.717, 1.165) is 17.7 Å². The summed E-state index contributed by atoms with van der Waals surface area (Å²) in [7, 11) is 0. The largest absolute Gasteiger partial charge is 0.449 e.